The minimum absolute atomic E-state index is 0.0297. The van der Waals surface area contributed by atoms with Crippen molar-refractivity contribution in [2.24, 2.45) is 0 Å². The van der Waals surface area contributed by atoms with Crippen LogP contribution in [0.25, 0.3) is 33.6 Å². The Balaban J connectivity index is 1.34. The van der Waals surface area contributed by atoms with Crippen molar-refractivity contribution < 1.29 is 14.0 Å². The zero-order chi connectivity index (χ0) is 25.1. The van der Waals surface area contributed by atoms with Gasteiger partial charge >= 0.3 is 0 Å². The van der Waals surface area contributed by atoms with E-state index in [0.29, 0.717) is 22.2 Å². The number of aromatic nitrogens is 3. The zero-order valence-corrected chi connectivity index (χ0v) is 20.6. The van der Waals surface area contributed by atoms with Crippen molar-refractivity contribution in [3.05, 3.63) is 89.4 Å². The van der Waals surface area contributed by atoms with E-state index in [-0.39, 0.29) is 22.7 Å². The molecule has 2 heterocycles. The summed E-state index contributed by atoms with van der Waals surface area (Å²) in [5, 5.41) is 12.9. The van der Waals surface area contributed by atoms with E-state index in [1.165, 1.54) is 6.92 Å². The quantitative estimate of drug-likeness (QED) is 0.194. The standard InChI is InChI=1S/C27H19ClN4O3S/c1-16(33)17-8-12-20(13-9-17)29-25(34)15-36-27-32-31-26(35-27)22-14-24(18-6-10-19(28)11-7-18)30-23-5-3-2-4-21(22)23/h2-14H,15H2,1H3,(H,29,34). The fourth-order valence-corrected chi connectivity index (χ4v) is 4.30. The normalized spacial score (nSPS) is 10.9. The number of carbonyl (C=O) groups excluding carboxylic acids is 2. The Labute approximate surface area is 215 Å². The summed E-state index contributed by atoms with van der Waals surface area (Å²) in [6.07, 6.45) is 0. The molecule has 0 unspecified atom stereocenters. The van der Waals surface area contributed by atoms with Crippen molar-refractivity contribution in [2.45, 2.75) is 12.1 Å². The van der Waals surface area contributed by atoms with Crippen LogP contribution in [0.2, 0.25) is 5.02 Å². The van der Waals surface area contributed by atoms with E-state index in [9.17, 15) is 9.59 Å². The third-order valence-electron chi connectivity index (χ3n) is 5.39. The van der Waals surface area contributed by atoms with Crippen LogP contribution in [-0.4, -0.2) is 32.6 Å². The van der Waals surface area contributed by atoms with E-state index in [0.717, 1.165) is 39.5 Å². The van der Waals surface area contributed by atoms with Crippen LogP contribution in [0.1, 0.15) is 17.3 Å². The molecule has 5 rings (SSSR count). The fraction of sp³-hybridized carbons (Fsp3) is 0.0741. The molecule has 1 N–H and O–H groups in total. The number of anilines is 1. The number of halogens is 1. The molecule has 1 amide bonds. The molecule has 2 aromatic heterocycles. The van der Waals surface area contributed by atoms with Gasteiger partial charge in [-0.3, -0.25) is 9.59 Å². The number of fused-ring (bicyclic) bond motifs is 1. The van der Waals surface area contributed by atoms with Gasteiger partial charge in [-0.15, -0.1) is 10.2 Å². The highest BCUT2D eigenvalue weighted by Gasteiger charge is 2.16. The molecule has 5 aromatic rings. The number of thioether (sulfide) groups is 1. The van der Waals surface area contributed by atoms with Gasteiger partial charge in [0.25, 0.3) is 5.22 Å². The minimum Gasteiger partial charge on any atom is -0.411 e. The average molecular weight is 515 g/mol. The molecule has 0 saturated heterocycles. The number of hydrogen-bond donors (Lipinski definition) is 1. The summed E-state index contributed by atoms with van der Waals surface area (Å²) in [7, 11) is 0. The highest BCUT2D eigenvalue weighted by atomic mass is 35.5. The predicted octanol–water partition coefficient (Wildman–Crippen LogP) is 6.54. The maximum Gasteiger partial charge on any atom is 0.277 e. The topological polar surface area (TPSA) is 98.0 Å². The van der Waals surface area contributed by atoms with Gasteiger partial charge in [0, 0.05) is 27.2 Å². The summed E-state index contributed by atoms with van der Waals surface area (Å²) in [5.41, 5.74) is 4.40. The summed E-state index contributed by atoms with van der Waals surface area (Å²) in [4.78, 5) is 28.5. The summed E-state index contributed by atoms with van der Waals surface area (Å²) < 4.78 is 5.90. The number of hydrogen-bond acceptors (Lipinski definition) is 7. The molecule has 36 heavy (non-hydrogen) atoms. The predicted molar refractivity (Wildman–Crippen MR) is 141 cm³/mol. The molecule has 0 aliphatic carbocycles. The molecule has 0 aliphatic rings. The molecule has 0 bridgehead atoms. The van der Waals surface area contributed by atoms with Gasteiger partial charge in [0.05, 0.1) is 22.5 Å². The highest BCUT2D eigenvalue weighted by molar-refractivity contribution is 7.99. The number of nitrogens with zero attached hydrogens (tertiary/aromatic N) is 3. The van der Waals surface area contributed by atoms with E-state index in [1.54, 1.807) is 24.3 Å². The van der Waals surface area contributed by atoms with Crippen LogP contribution < -0.4 is 5.32 Å². The summed E-state index contributed by atoms with van der Waals surface area (Å²) >= 11 is 7.18. The van der Waals surface area contributed by atoms with Crippen molar-refractivity contribution in [3.63, 3.8) is 0 Å². The number of benzene rings is 3. The lowest BCUT2D eigenvalue weighted by molar-refractivity contribution is -0.113. The molecule has 0 aliphatic heterocycles. The lowest BCUT2D eigenvalue weighted by Gasteiger charge is -2.07. The van der Waals surface area contributed by atoms with Crippen molar-refractivity contribution in [1.29, 1.82) is 0 Å². The van der Waals surface area contributed by atoms with Crippen LogP contribution in [0.5, 0.6) is 0 Å². The first-order chi connectivity index (χ1) is 17.5. The Morgan fingerprint density at radius 3 is 2.47 bits per heavy atom. The number of ketones is 1. The van der Waals surface area contributed by atoms with Crippen molar-refractivity contribution >= 4 is 51.6 Å². The van der Waals surface area contributed by atoms with E-state index >= 15 is 0 Å². The van der Waals surface area contributed by atoms with Gasteiger partial charge in [-0.1, -0.05) is 53.7 Å². The molecule has 3 aromatic carbocycles. The molecule has 0 atom stereocenters. The number of nitrogens with one attached hydrogen (secondary N) is 1. The molecular formula is C27H19ClN4O3S. The molecular weight excluding hydrogens is 496 g/mol. The number of carbonyl (C=O) groups is 2. The number of amides is 1. The fourth-order valence-electron chi connectivity index (χ4n) is 3.61. The lowest BCUT2D eigenvalue weighted by Crippen LogP contribution is -2.14. The monoisotopic (exact) mass is 514 g/mol. The Bertz CT molecular complexity index is 1570. The first-order valence-electron chi connectivity index (χ1n) is 11.0. The summed E-state index contributed by atoms with van der Waals surface area (Å²) in [6.45, 7) is 1.50. The smallest absolute Gasteiger partial charge is 0.277 e. The van der Waals surface area contributed by atoms with E-state index in [1.807, 2.05) is 54.6 Å². The van der Waals surface area contributed by atoms with Crippen molar-refractivity contribution in [3.8, 4) is 22.7 Å². The first-order valence-corrected chi connectivity index (χ1v) is 12.4. The van der Waals surface area contributed by atoms with E-state index in [2.05, 4.69) is 15.5 Å². The second-order valence-electron chi connectivity index (χ2n) is 7.92. The largest absolute Gasteiger partial charge is 0.411 e. The lowest BCUT2D eigenvalue weighted by atomic mass is 10.0. The molecule has 9 heteroatoms. The Hall–Kier alpha value is -4.01. The SMILES string of the molecule is CC(=O)c1ccc(NC(=O)CSc2nnc(-c3cc(-c4ccc(Cl)cc4)nc4ccccc34)o2)cc1. The van der Waals surface area contributed by atoms with Gasteiger partial charge in [0.2, 0.25) is 11.8 Å². The Morgan fingerprint density at radius 2 is 1.72 bits per heavy atom. The molecule has 0 spiro atoms. The number of para-hydroxylation sites is 1. The van der Waals surface area contributed by atoms with Crippen molar-refractivity contribution in [2.75, 3.05) is 11.1 Å². The summed E-state index contributed by atoms with van der Waals surface area (Å²) in [5.74, 6) is 0.169. The van der Waals surface area contributed by atoms with Crippen LogP contribution in [0.3, 0.4) is 0 Å². The average Bonchev–Trinajstić information content (AvgIpc) is 3.36. The van der Waals surface area contributed by atoms with Gasteiger partial charge < -0.3 is 9.73 Å². The third kappa shape index (κ3) is 5.30. The van der Waals surface area contributed by atoms with Gasteiger partial charge in [-0.25, -0.2) is 4.98 Å². The highest BCUT2D eigenvalue weighted by Crippen LogP contribution is 2.33. The molecule has 0 radical (unpaired) electrons. The Kier molecular flexibility index (Phi) is 6.79. The Morgan fingerprint density at radius 1 is 0.972 bits per heavy atom. The van der Waals surface area contributed by atoms with E-state index in [4.69, 9.17) is 21.0 Å². The second-order valence-corrected chi connectivity index (χ2v) is 9.29. The molecule has 178 valence electrons. The van der Waals surface area contributed by atoms with Gasteiger partial charge in [0.1, 0.15) is 0 Å². The maximum absolute atomic E-state index is 12.4. The zero-order valence-electron chi connectivity index (χ0n) is 19.1. The van der Waals surface area contributed by atoms with E-state index < -0.39 is 0 Å². The number of Topliss-reactive ketones (excluding diaryl/α,β-unsaturated/α-hetero) is 1. The summed E-state index contributed by atoms with van der Waals surface area (Å²) in [6, 6.07) is 23.8. The molecule has 0 saturated carbocycles. The number of rotatable bonds is 7. The van der Waals surface area contributed by atoms with Crippen LogP contribution in [0.15, 0.2) is 88.5 Å². The van der Waals surface area contributed by atoms with Gasteiger partial charge in [-0.05, 0) is 55.5 Å². The second kappa shape index (κ2) is 10.3. The van der Waals surface area contributed by atoms with Crippen LogP contribution in [0, 0.1) is 0 Å². The van der Waals surface area contributed by atoms with Gasteiger partial charge in [0.15, 0.2) is 5.78 Å². The number of pyridine rings is 1. The third-order valence-corrected chi connectivity index (χ3v) is 6.47. The molecule has 7 nitrogen and oxygen atoms in total. The van der Waals surface area contributed by atoms with Crippen LogP contribution >= 0.6 is 23.4 Å². The minimum atomic E-state index is -0.227. The van der Waals surface area contributed by atoms with Gasteiger partial charge in [-0.2, -0.15) is 0 Å². The molecule has 0 fully saturated rings. The van der Waals surface area contributed by atoms with Crippen molar-refractivity contribution in [1.82, 2.24) is 15.2 Å². The van der Waals surface area contributed by atoms with Crippen LogP contribution in [-0.2, 0) is 4.79 Å². The first kappa shape index (κ1) is 23.7. The maximum atomic E-state index is 12.4. The van der Waals surface area contributed by atoms with Crippen LogP contribution in [0.4, 0.5) is 5.69 Å².